The number of rotatable bonds is 4. The summed E-state index contributed by atoms with van der Waals surface area (Å²) in [5.74, 6) is -1.12. The van der Waals surface area contributed by atoms with Gasteiger partial charge in [0.2, 0.25) is 0 Å². The van der Waals surface area contributed by atoms with Gasteiger partial charge in [0.25, 0.3) is 5.91 Å². The second-order valence-corrected chi connectivity index (χ2v) is 7.23. The lowest BCUT2D eigenvalue weighted by atomic mass is 10.1. The van der Waals surface area contributed by atoms with Gasteiger partial charge in [-0.1, -0.05) is 35.0 Å². The molecular weight excluding hydrogens is 445 g/mol. The molecule has 0 spiro atoms. The van der Waals surface area contributed by atoms with Crippen LogP contribution < -0.4 is 5.32 Å². The van der Waals surface area contributed by atoms with Crippen molar-refractivity contribution in [2.45, 2.75) is 6.18 Å². The quantitative estimate of drug-likeness (QED) is 0.419. The normalized spacial score (nSPS) is 11.4. The smallest absolute Gasteiger partial charge is 0.416 e. The topological polar surface area (TPSA) is 80.0 Å². The molecular formula is C22H14ClF3N4O2. The fraction of sp³-hybridized carbons (Fsp3) is 0.0455. The van der Waals surface area contributed by atoms with E-state index in [1.165, 1.54) is 35.0 Å². The van der Waals surface area contributed by atoms with Gasteiger partial charge in [-0.3, -0.25) is 4.79 Å². The van der Waals surface area contributed by atoms with Crippen molar-refractivity contribution in [1.82, 2.24) is 15.0 Å². The van der Waals surface area contributed by atoms with Crippen molar-refractivity contribution in [3.8, 4) is 22.7 Å². The first-order valence-corrected chi connectivity index (χ1v) is 9.59. The van der Waals surface area contributed by atoms with E-state index in [0.717, 1.165) is 17.7 Å². The maximum atomic E-state index is 12.9. The number of aromatic hydroxyl groups is 1. The van der Waals surface area contributed by atoms with Gasteiger partial charge in [-0.25, -0.2) is 4.68 Å². The van der Waals surface area contributed by atoms with Gasteiger partial charge in [0.1, 0.15) is 11.4 Å². The van der Waals surface area contributed by atoms with Crippen molar-refractivity contribution in [1.29, 1.82) is 0 Å². The van der Waals surface area contributed by atoms with Crippen LogP contribution in [0, 0.1) is 0 Å². The molecule has 1 heterocycles. The number of nitrogens with zero attached hydrogens (tertiary/aromatic N) is 3. The van der Waals surface area contributed by atoms with Crippen molar-refractivity contribution in [2.24, 2.45) is 0 Å². The second-order valence-electron chi connectivity index (χ2n) is 6.79. The summed E-state index contributed by atoms with van der Waals surface area (Å²) in [6, 6.07) is 15.4. The molecule has 0 saturated heterocycles. The third-order valence-corrected chi connectivity index (χ3v) is 4.79. The molecule has 10 heteroatoms. The molecule has 0 radical (unpaired) electrons. The molecule has 32 heavy (non-hydrogen) atoms. The van der Waals surface area contributed by atoms with Crippen molar-refractivity contribution in [3.63, 3.8) is 0 Å². The highest BCUT2D eigenvalue weighted by molar-refractivity contribution is 6.30. The Morgan fingerprint density at radius 1 is 1.03 bits per heavy atom. The summed E-state index contributed by atoms with van der Waals surface area (Å²) in [7, 11) is 0. The van der Waals surface area contributed by atoms with Crippen molar-refractivity contribution < 1.29 is 23.1 Å². The first-order chi connectivity index (χ1) is 15.2. The molecule has 0 atom stereocenters. The van der Waals surface area contributed by atoms with Crippen LogP contribution in [0.3, 0.4) is 0 Å². The van der Waals surface area contributed by atoms with E-state index in [0.29, 0.717) is 16.4 Å². The van der Waals surface area contributed by atoms with Crippen LogP contribution >= 0.6 is 11.6 Å². The minimum atomic E-state index is -4.55. The van der Waals surface area contributed by atoms with Crippen LogP contribution in [0.25, 0.3) is 16.9 Å². The summed E-state index contributed by atoms with van der Waals surface area (Å²) in [4.78, 5) is 12.6. The van der Waals surface area contributed by atoms with Crippen LogP contribution in [0.2, 0.25) is 5.02 Å². The van der Waals surface area contributed by atoms with Gasteiger partial charge in [0.15, 0.2) is 0 Å². The monoisotopic (exact) mass is 458 g/mol. The molecule has 162 valence electrons. The summed E-state index contributed by atoms with van der Waals surface area (Å²) in [5.41, 5.74) is 0.598. The molecule has 0 unspecified atom stereocenters. The zero-order chi connectivity index (χ0) is 22.9. The van der Waals surface area contributed by atoms with Crippen LogP contribution in [0.5, 0.6) is 5.75 Å². The number of alkyl halides is 3. The Hall–Kier alpha value is -3.85. The SMILES string of the molecule is O=C(Nc1cccc(C(F)(F)F)c1)c1cc(-n2cc(-c3cccc(Cl)c3)nn2)ccc1O. The minimum absolute atomic E-state index is 0.0568. The first kappa shape index (κ1) is 21.4. The lowest BCUT2D eigenvalue weighted by Gasteiger charge is -2.11. The number of carbonyl (C=O) groups excluding carboxylic acids is 1. The Morgan fingerprint density at radius 3 is 2.56 bits per heavy atom. The van der Waals surface area contributed by atoms with Crippen LogP contribution in [-0.4, -0.2) is 26.0 Å². The summed E-state index contributed by atoms with van der Waals surface area (Å²) in [5, 5.41) is 21.1. The predicted molar refractivity (Wildman–Crippen MR) is 113 cm³/mol. The molecule has 2 N–H and O–H groups in total. The van der Waals surface area contributed by atoms with E-state index < -0.39 is 17.6 Å². The molecule has 4 rings (SSSR count). The Labute approximate surface area is 184 Å². The van der Waals surface area contributed by atoms with Gasteiger partial charge in [-0.05, 0) is 48.5 Å². The van der Waals surface area contributed by atoms with Crippen molar-refractivity contribution in [2.75, 3.05) is 5.32 Å². The standard InChI is InChI=1S/C22H14ClF3N4O2/c23-15-5-1-3-13(9-15)19-12-30(29-28-19)17-7-8-20(31)18(11-17)21(32)27-16-6-2-4-14(10-16)22(24,25)26/h1-12,31H,(H,27,32). The van der Waals surface area contributed by atoms with E-state index in [1.54, 1.807) is 24.4 Å². The first-order valence-electron chi connectivity index (χ1n) is 9.21. The van der Waals surface area contributed by atoms with Crippen molar-refractivity contribution in [3.05, 3.63) is 89.1 Å². The zero-order valence-electron chi connectivity index (χ0n) is 16.1. The number of phenolic OH excluding ortho intramolecular Hbond substituents is 1. The van der Waals surface area contributed by atoms with E-state index in [-0.39, 0.29) is 17.0 Å². The molecule has 3 aromatic carbocycles. The van der Waals surface area contributed by atoms with E-state index in [4.69, 9.17) is 11.6 Å². The highest BCUT2D eigenvalue weighted by Gasteiger charge is 2.30. The molecule has 0 aliphatic rings. The third kappa shape index (κ3) is 4.57. The number of nitrogens with one attached hydrogen (secondary N) is 1. The van der Waals surface area contributed by atoms with E-state index >= 15 is 0 Å². The lowest BCUT2D eigenvalue weighted by Crippen LogP contribution is -2.14. The molecule has 0 fully saturated rings. The summed E-state index contributed by atoms with van der Waals surface area (Å²) >= 11 is 6.00. The number of anilines is 1. The number of carbonyl (C=O) groups is 1. The number of aromatic nitrogens is 3. The molecule has 0 aliphatic carbocycles. The minimum Gasteiger partial charge on any atom is -0.507 e. The average Bonchev–Trinajstić information content (AvgIpc) is 3.24. The summed E-state index contributed by atoms with van der Waals surface area (Å²) < 4.78 is 40.1. The second kappa shape index (κ2) is 8.35. The average molecular weight is 459 g/mol. The Balaban J connectivity index is 1.60. The Kier molecular flexibility index (Phi) is 5.58. The van der Waals surface area contributed by atoms with Crippen LogP contribution in [-0.2, 0) is 6.18 Å². The van der Waals surface area contributed by atoms with Gasteiger partial charge < -0.3 is 10.4 Å². The van der Waals surface area contributed by atoms with E-state index in [9.17, 15) is 23.1 Å². The van der Waals surface area contributed by atoms with Gasteiger partial charge in [-0.15, -0.1) is 5.10 Å². The fourth-order valence-corrected chi connectivity index (χ4v) is 3.18. The van der Waals surface area contributed by atoms with Crippen molar-refractivity contribution >= 4 is 23.2 Å². The zero-order valence-corrected chi connectivity index (χ0v) is 16.9. The molecule has 0 aliphatic heterocycles. The van der Waals surface area contributed by atoms with Crippen LogP contribution in [0.15, 0.2) is 72.9 Å². The molecule has 0 saturated carbocycles. The molecule has 6 nitrogen and oxygen atoms in total. The molecule has 0 bridgehead atoms. The third-order valence-electron chi connectivity index (χ3n) is 4.55. The number of hydrogen-bond donors (Lipinski definition) is 2. The predicted octanol–water partition coefficient (Wildman–Crippen LogP) is 5.56. The number of phenols is 1. The number of halogens is 4. The van der Waals surface area contributed by atoms with Gasteiger partial charge in [-0.2, -0.15) is 13.2 Å². The number of amides is 1. The Morgan fingerprint density at radius 2 is 1.81 bits per heavy atom. The highest BCUT2D eigenvalue weighted by Crippen LogP contribution is 2.31. The number of hydrogen-bond acceptors (Lipinski definition) is 4. The molecule has 4 aromatic rings. The van der Waals surface area contributed by atoms with Crippen LogP contribution in [0.4, 0.5) is 18.9 Å². The highest BCUT2D eigenvalue weighted by atomic mass is 35.5. The van der Waals surface area contributed by atoms with E-state index in [2.05, 4.69) is 15.6 Å². The van der Waals surface area contributed by atoms with Crippen LogP contribution in [0.1, 0.15) is 15.9 Å². The fourth-order valence-electron chi connectivity index (χ4n) is 2.99. The Bertz CT molecular complexity index is 1300. The van der Waals surface area contributed by atoms with E-state index in [1.807, 2.05) is 6.07 Å². The maximum absolute atomic E-state index is 12.9. The molecule has 1 aromatic heterocycles. The lowest BCUT2D eigenvalue weighted by molar-refractivity contribution is -0.137. The molecule has 1 amide bonds. The summed E-state index contributed by atoms with van der Waals surface area (Å²) in [6.45, 7) is 0. The number of benzene rings is 3. The van der Waals surface area contributed by atoms with Gasteiger partial charge in [0, 0.05) is 16.3 Å². The largest absolute Gasteiger partial charge is 0.507 e. The summed E-state index contributed by atoms with van der Waals surface area (Å²) in [6.07, 6.45) is -2.93. The maximum Gasteiger partial charge on any atom is 0.416 e. The van der Waals surface area contributed by atoms with Gasteiger partial charge in [0.05, 0.1) is 23.0 Å². The van der Waals surface area contributed by atoms with Gasteiger partial charge >= 0.3 is 6.18 Å².